The molecule has 1 N–H and O–H groups in total. The van der Waals surface area contributed by atoms with Crippen LogP contribution in [0.15, 0.2) is 47.6 Å². The van der Waals surface area contributed by atoms with Crippen LogP contribution in [-0.2, 0) is 11.6 Å². The maximum Gasteiger partial charge on any atom is 0.433 e. The number of hydrogen-bond acceptors (Lipinski definition) is 4. The lowest BCUT2D eigenvalue weighted by molar-refractivity contribution is -0.141. The second kappa shape index (κ2) is 6.44. The second-order valence-electron chi connectivity index (χ2n) is 6.85. The van der Waals surface area contributed by atoms with E-state index in [-0.39, 0.29) is 16.9 Å². The molecule has 3 aromatic rings. The van der Waals surface area contributed by atoms with Gasteiger partial charge in [-0.15, -0.1) is 0 Å². The van der Waals surface area contributed by atoms with Crippen molar-refractivity contribution >= 4 is 17.7 Å². The van der Waals surface area contributed by atoms with Gasteiger partial charge in [-0.25, -0.2) is 4.98 Å². The number of rotatable bonds is 3. The number of anilines is 1. The number of halogens is 3. The van der Waals surface area contributed by atoms with Gasteiger partial charge in [0.2, 0.25) is 0 Å². The topological polar surface area (TPSA) is 54.6 Å². The molecule has 0 unspecified atom stereocenters. The molecule has 8 heteroatoms. The van der Waals surface area contributed by atoms with E-state index in [0.717, 1.165) is 11.6 Å². The molecule has 0 aliphatic carbocycles. The normalized spacial score (nSPS) is 12.8. The standard InChI is InChI=1S/C18H18F3N5/c1-17(2,3)13-9-15-23-14(18(19,20)21)10-16(26(15)25-13)24-22-11-12-7-5-4-6-8-12/h4-11,24H,1-3H3/b22-11-. The molecule has 0 fully saturated rings. The van der Waals surface area contributed by atoms with E-state index in [4.69, 9.17) is 0 Å². The van der Waals surface area contributed by atoms with Crippen LogP contribution in [0.25, 0.3) is 5.65 Å². The van der Waals surface area contributed by atoms with Crippen molar-refractivity contribution in [2.45, 2.75) is 32.4 Å². The summed E-state index contributed by atoms with van der Waals surface area (Å²) >= 11 is 0. The third-order valence-corrected chi connectivity index (χ3v) is 3.68. The van der Waals surface area contributed by atoms with Crippen LogP contribution in [0, 0.1) is 0 Å². The summed E-state index contributed by atoms with van der Waals surface area (Å²) in [6.45, 7) is 5.79. The van der Waals surface area contributed by atoms with Gasteiger partial charge < -0.3 is 0 Å². The van der Waals surface area contributed by atoms with Crippen LogP contribution in [0.3, 0.4) is 0 Å². The average Bonchev–Trinajstić information content (AvgIpc) is 2.99. The fourth-order valence-corrected chi connectivity index (χ4v) is 2.28. The zero-order chi connectivity index (χ0) is 18.9. The smallest absolute Gasteiger partial charge is 0.261 e. The van der Waals surface area contributed by atoms with Gasteiger partial charge in [0.1, 0.15) is 0 Å². The van der Waals surface area contributed by atoms with E-state index >= 15 is 0 Å². The van der Waals surface area contributed by atoms with Crippen molar-refractivity contribution in [1.82, 2.24) is 14.6 Å². The molecule has 3 rings (SSSR count). The number of fused-ring (bicyclic) bond motifs is 1. The Bertz CT molecular complexity index is 937. The highest BCUT2D eigenvalue weighted by molar-refractivity contribution is 5.80. The monoisotopic (exact) mass is 361 g/mol. The first kappa shape index (κ1) is 17.9. The van der Waals surface area contributed by atoms with E-state index < -0.39 is 11.9 Å². The summed E-state index contributed by atoms with van der Waals surface area (Å²) in [6, 6.07) is 11.7. The van der Waals surface area contributed by atoms with Crippen LogP contribution in [0.5, 0.6) is 0 Å². The Hall–Kier alpha value is -2.90. The van der Waals surface area contributed by atoms with Crippen LogP contribution < -0.4 is 5.43 Å². The lowest BCUT2D eigenvalue weighted by Gasteiger charge is -2.13. The molecule has 26 heavy (non-hydrogen) atoms. The van der Waals surface area contributed by atoms with Crippen LogP contribution >= 0.6 is 0 Å². The minimum absolute atomic E-state index is 0.0880. The zero-order valence-corrected chi connectivity index (χ0v) is 14.5. The molecule has 0 saturated heterocycles. The average molecular weight is 361 g/mol. The van der Waals surface area contributed by atoms with Gasteiger partial charge in [0.05, 0.1) is 11.9 Å². The van der Waals surface area contributed by atoms with E-state index in [0.29, 0.717) is 5.69 Å². The lowest BCUT2D eigenvalue weighted by Crippen LogP contribution is -2.13. The minimum Gasteiger partial charge on any atom is -0.261 e. The number of hydrazone groups is 1. The summed E-state index contributed by atoms with van der Waals surface area (Å²) in [6.07, 6.45) is -3.04. The molecule has 1 aromatic carbocycles. The van der Waals surface area contributed by atoms with Gasteiger partial charge in [0.15, 0.2) is 17.2 Å². The summed E-state index contributed by atoms with van der Waals surface area (Å²) in [7, 11) is 0. The van der Waals surface area contributed by atoms with E-state index in [1.165, 1.54) is 10.7 Å². The molecule has 136 valence electrons. The van der Waals surface area contributed by atoms with Crippen LogP contribution in [-0.4, -0.2) is 20.8 Å². The molecule has 0 radical (unpaired) electrons. The first-order valence-corrected chi connectivity index (χ1v) is 7.97. The molecule has 0 aliphatic heterocycles. The Balaban J connectivity index is 2.03. The Morgan fingerprint density at radius 3 is 2.35 bits per heavy atom. The molecule has 0 spiro atoms. The highest BCUT2D eigenvalue weighted by Gasteiger charge is 2.34. The van der Waals surface area contributed by atoms with Gasteiger partial charge in [-0.3, -0.25) is 5.43 Å². The molecule has 0 aliphatic rings. The maximum absolute atomic E-state index is 13.2. The Morgan fingerprint density at radius 1 is 1.04 bits per heavy atom. The molecule has 5 nitrogen and oxygen atoms in total. The van der Waals surface area contributed by atoms with Gasteiger partial charge in [-0.2, -0.15) is 27.9 Å². The van der Waals surface area contributed by atoms with Crippen molar-refractivity contribution in [3.8, 4) is 0 Å². The number of nitrogens with one attached hydrogen (secondary N) is 1. The predicted molar refractivity (Wildman–Crippen MR) is 94.3 cm³/mol. The van der Waals surface area contributed by atoms with E-state index in [2.05, 4.69) is 20.6 Å². The van der Waals surface area contributed by atoms with E-state index in [9.17, 15) is 13.2 Å². The summed E-state index contributed by atoms with van der Waals surface area (Å²) in [5.74, 6) is 0.0880. The van der Waals surface area contributed by atoms with Gasteiger partial charge in [0, 0.05) is 17.5 Å². The number of nitrogens with zero attached hydrogens (tertiary/aromatic N) is 4. The Morgan fingerprint density at radius 2 is 1.73 bits per heavy atom. The molecule has 2 heterocycles. The zero-order valence-electron chi connectivity index (χ0n) is 14.5. The second-order valence-corrected chi connectivity index (χ2v) is 6.85. The van der Waals surface area contributed by atoms with Crippen LogP contribution in [0.1, 0.15) is 37.7 Å². The summed E-state index contributed by atoms with van der Waals surface area (Å²) in [5, 5.41) is 8.41. The third kappa shape index (κ3) is 3.84. The number of hydrogen-bond donors (Lipinski definition) is 1. The van der Waals surface area contributed by atoms with Crippen molar-refractivity contribution < 1.29 is 13.2 Å². The highest BCUT2D eigenvalue weighted by atomic mass is 19.4. The Kier molecular flexibility index (Phi) is 4.43. The van der Waals surface area contributed by atoms with Crippen LogP contribution in [0.2, 0.25) is 0 Å². The SMILES string of the molecule is CC(C)(C)c1cc2nc(C(F)(F)F)cc(N/N=C\c3ccccc3)n2n1. The summed E-state index contributed by atoms with van der Waals surface area (Å²) in [5.41, 5.74) is 2.89. The minimum atomic E-state index is -4.56. The van der Waals surface area contributed by atoms with Gasteiger partial charge in [-0.05, 0) is 5.56 Å². The predicted octanol–water partition coefficient (Wildman–Crippen LogP) is 4.49. The fourth-order valence-electron chi connectivity index (χ4n) is 2.28. The van der Waals surface area contributed by atoms with Crippen molar-refractivity contribution in [3.05, 3.63) is 59.4 Å². The number of alkyl halides is 3. The molecular formula is C18H18F3N5. The van der Waals surface area contributed by atoms with Crippen LogP contribution in [0.4, 0.5) is 19.0 Å². The van der Waals surface area contributed by atoms with Gasteiger partial charge in [-0.1, -0.05) is 51.1 Å². The third-order valence-electron chi connectivity index (χ3n) is 3.68. The number of aromatic nitrogens is 3. The molecular weight excluding hydrogens is 343 g/mol. The highest BCUT2D eigenvalue weighted by Crippen LogP contribution is 2.31. The lowest BCUT2D eigenvalue weighted by atomic mass is 9.93. The molecule has 0 saturated carbocycles. The van der Waals surface area contributed by atoms with Crippen molar-refractivity contribution in [2.75, 3.05) is 5.43 Å². The van der Waals surface area contributed by atoms with E-state index in [1.54, 1.807) is 6.07 Å². The molecule has 0 bridgehead atoms. The van der Waals surface area contributed by atoms with Crippen molar-refractivity contribution in [3.63, 3.8) is 0 Å². The molecule has 0 amide bonds. The van der Waals surface area contributed by atoms with E-state index in [1.807, 2.05) is 51.1 Å². The number of benzene rings is 1. The van der Waals surface area contributed by atoms with Crippen molar-refractivity contribution in [1.29, 1.82) is 0 Å². The Labute approximate surface area is 148 Å². The first-order chi connectivity index (χ1) is 12.1. The fraction of sp³-hybridized carbons (Fsp3) is 0.278. The summed E-state index contributed by atoms with van der Waals surface area (Å²) in [4.78, 5) is 3.69. The maximum atomic E-state index is 13.2. The van der Waals surface area contributed by atoms with Gasteiger partial charge >= 0.3 is 6.18 Å². The molecule has 0 atom stereocenters. The largest absolute Gasteiger partial charge is 0.433 e. The molecule has 2 aromatic heterocycles. The summed E-state index contributed by atoms with van der Waals surface area (Å²) < 4.78 is 40.8. The van der Waals surface area contributed by atoms with Crippen molar-refractivity contribution in [2.24, 2.45) is 5.10 Å². The van der Waals surface area contributed by atoms with Gasteiger partial charge in [0.25, 0.3) is 0 Å². The quantitative estimate of drug-likeness (QED) is 0.552. The first-order valence-electron chi connectivity index (χ1n) is 7.97.